The number of nitrogens with one attached hydrogen (secondary N) is 1. The summed E-state index contributed by atoms with van der Waals surface area (Å²) in [6, 6.07) is 6.80. The van der Waals surface area contributed by atoms with Crippen LogP contribution in [-0.2, 0) is 6.42 Å². The van der Waals surface area contributed by atoms with Crippen LogP contribution in [0, 0.1) is 5.82 Å². The molecule has 19 heavy (non-hydrogen) atoms. The molecule has 0 aliphatic heterocycles. The molecule has 98 valence electrons. The highest BCUT2D eigenvalue weighted by Crippen LogP contribution is 2.21. The van der Waals surface area contributed by atoms with Crippen LogP contribution in [0.5, 0.6) is 0 Å². The monoisotopic (exact) mass is 275 g/mol. The van der Waals surface area contributed by atoms with E-state index >= 15 is 0 Å². The van der Waals surface area contributed by atoms with Gasteiger partial charge in [0.1, 0.15) is 5.82 Å². The number of imidazole rings is 1. The first-order valence-electron chi connectivity index (χ1n) is 6.10. The zero-order valence-corrected chi connectivity index (χ0v) is 11.3. The quantitative estimate of drug-likeness (QED) is 0.793. The van der Waals surface area contributed by atoms with Gasteiger partial charge in [-0.15, -0.1) is 11.3 Å². The van der Waals surface area contributed by atoms with Crippen LogP contribution >= 0.6 is 11.3 Å². The second kappa shape index (κ2) is 5.11. The minimum absolute atomic E-state index is 0.0641. The molecule has 1 unspecified atom stereocenters. The fourth-order valence-corrected chi connectivity index (χ4v) is 2.93. The van der Waals surface area contributed by atoms with E-state index in [9.17, 15) is 4.39 Å². The van der Waals surface area contributed by atoms with E-state index in [0.717, 1.165) is 10.7 Å². The average molecular weight is 275 g/mol. The molecule has 0 fully saturated rings. The Bertz CT molecular complexity index is 660. The van der Waals surface area contributed by atoms with Gasteiger partial charge in [-0.05, 0) is 13.1 Å². The molecule has 3 nitrogen and oxygen atoms in total. The van der Waals surface area contributed by atoms with E-state index in [2.05, 4.69) is 10.3 Å². The minimum atomic E-state index is -0.178. The highest BCUT2D eigenvalue weighted by Gasteiger charge is 2.15. The van der Waals surface area contributed by atoms with E-state index in [1.54, 1.807) is 17.4 Å². The molecular formula is C14H14FN3S. The lowest BCUT2D eigenvalue weighted by Gasteiger charge is -2.16. The van der Waals surface area contributed by atoms with Crippen molar-refractivity contribution >= 4 is 16.3 Å². The third-order valence-electron chi connectivity index (χ3n) is 3.19. The van der Waals surface area contributed by atoms with Crippen LogP contribution in [-0.4, -0.2) is 16.4 Å². The Morgan fingerprint density at radius 1 is 1.42 bits per heavy atom. The van der Waals surface area contributed by atoms with Crippen molar-refractivity contribution in [2.75, 3.05) is 7.05 Å². The average Bonchev–Trinajstić information content (AvgIpc) is 2.97. The molecule has 0 saturated heterocycles. The number of nitrogens with zero attached hydrogens (tertiary/aromatic N) is 2. The van der Waals surface area contributed by atoms with E-state index in [0.29, 0.717) is 12.0 Å². The Kier molecular flexibility index (Phi) is 3.31. The lowest BCUT2D eigenvalue weighted by Crippen LogP contribution is -2.20. The van der Waals surface area contributed by atoms with Gasteiger partial charge in [0, 0.05) is 35.8 Å². The van der Waals surface area contributed by atoms with Gasteiger partial charge < -0.3 is 5.32 Å². The van der Waals surface area contributed by atoms with Crippen LogP contribution in [0.15, 0.2) is 42.0 Å². The molecule has 0 bridgehead atoms. The fraction of sp³-hybridized carbons (Fsp3) is 0.214. The van der Waals surface area contributed by atoms with Gasteiger partial charge in [0.15, 0.2) is 4.96 Å². The summed E-state index contributed by atoms with van der Waals surface area (Å²) in [7, 11) is 1.84. The zero-order chi connectivity index (χ0) is 13.2. The van der Waals surface area contributed by atoms with Gasteiger partial charge in [0.2, 0.25) is 0 Å². The first kappa shape index (κ1) is 12.3. The molecule has 2 aromatic heterocycles. The summed E-state index contributed by atoms with van der Waals surface area (Å²) in [5.74, 6) is -0.178. The normalized spacial score (nSPS) is 12.9. The van der Waals surface area contributed by atoms with Crippen molar-refractivity contribution in [3.8, 4) is 0 Å². The maximum absolute atomic E-state index is 13.8. The maximum atomic E-state index is 13.8. The topological polar surface area (TPSA) is 29.3 Å². The number of rotatable bonds is 4. The van der Waals surface area contributed by atoms with Gasteiger partial charge in [-0.1, -0.05) is 18.2 Å². The predicted octanol–water partition coefficient (Wildman–Crippen LogP) is 3.04. The lowest BCUT2D eigenvalue weighted by atomic mass is 10.0. The Balaban J connectivity index is 1.87. The first-order chi connectivity index (χ1) is 9.28. The number of likely N-dealkylation sites (N-methyl/N-ethyl adjacent to an activating group) is 1. The number of fused-ring (bicyclic) bond motifs is 1. The van der Waals surface area contributed by atoms with Crippen molar-refractivity contribution in [2.45, 2.75) is 12.5 Å². The molecule has 0 saturated carbocycles. The molecular weight excluding hydrogens is 261 g/mol. The van der Waals surface area contributed by atoms with Crippen LogP contribution in [0.3, 0.4) is 0 Å². The van der Waals surface area contributed by atoms with Gasteiger partial charge in [-0.3, -0.25) is 4.40 Å². The summed E-state index contributed by atoms with van der Waals surface area (Å²) in [5, 5.41) is 5.16. The highest BCUT2D eigenvalue weighted by atomic mass is 32.1. The third-order valence-corrected chi connectivity index (χ3v) is 3.96. The largest absolute Gasteiger partial charge is 0.313 e. The van der Waals surface area contributed by atoms with Crippen LogP contribution < -0.4 is 5.32 Å². The van der Waals surface area contributed by atoms with Crippen LogP contribution in [0.2, 0.25) is 0 Å². The SMILES string of the molecule is CNC(Cc1cn2ccsc2n1)c1ccccc1F. The smallest absolute Gasteiger partial charge is 0.193 e. The molecule has 3 aromatic rings. The number of aromatic nitrogens is 2. The van der Waals surface area contributed by atoms with Crippen molar-refractivity contribution in [2.24, 2.45) is 0 Å². The molecule has 0 aliphatic rings. The second-order valence-electron chi connectivity index (χ2n) is 4.39. The Morgan fingerprint density at radius 3 is 3.00 bits per heavy atom. The molecule has 1 aromatic carbocycles. The lowest BCUT2D eigenvalue weighted by molar-refractivity contribution is 0.531. The molecule has 0 spiro atoms. The van der Waals surface area contributed by atoms with Gasteiger partial charge >= 0.3 is 0 Å². The van der Waals surface area contributed by atoms with E-state index in [1.807, 2.05) is 41.4 Å². The van der Waals surface area contributed by atoms with E-state index in [-0.39, 0.29) is 11.9 Å². The predicted molar refractivity (Wildman–Crippen MR) is 75.0 cm³/mol. The van der Waals surface area contributed by atoms with E-state index in [1.165, 1.54) is 6.07 Å². The summed E-state index contributed by atoms with van der Waals surface area (Å²) in [6.45, 7) is 0. The summed E-state index contributed by atoms with van der Waals surface area (Å²) in [6.07, 6.45) is 4.65. The van der Waals surface area contributed by atoms with Crippen molar-refractivity contribution in [1.82, 2.24) is 14.7 Å². The van der Waals surface area contributed by atoms with Crippen LogP contribution in [0.25, 0.3) is 4.96 Å². The van der Waals surface area contributed by atoms with Crippen LogP contribution in [0.1, 0.15) is 17.3 Å². The van der Waals surface area contributed by atoms with E-state index < -0.39 is 0 Å². The first-order valence-corrected chi connectivity index (χ1v) is 6.98. The summed E-state index contributed by atoms with van der Waals surface area (Å²) < 4.78 is 15.8. The van der Waals surface area contributed by atoms with Gasteiger partial charge in [0.05, 0.1) is 5.69 Å². The number of halogens is 1. The second-order valence-corrected chi connectivity index (χ2v) is 5.27. The Morgan fingerprint density at radius 2 is 2.26 bits per heavy atom. The number of hydrogen-bond acceptors (Lipinski definition) is 3. The Labute approximate surface area is 114 Å². The molecule has 0 radical (unpaired) electrons. The number of hydrogen-bond donors (Lipinski definition) is 1. The zero-order valence-electron chi connectivity index (χ0n) is 10.5. The molecule has 0 aliphatic carbocycles. The molecule has 2 heterocycles. The van der Waals surface area contributed by atoms with Crippen LogP contribution in [0.4, 0.5) is 4.39 Å². The third kappa shape index (κ3) is 2.39. The summed E-state index contributed by atoms with van der Waals surface area (Å²) in [5.41, 5.74) is 1.65. The fourth-order valence-electron chi connectivity index (χ4n) is 2.21. The number of benzene rings is 1. The summed E-state index contributed by atoms with van der Waals surface area (Å²) >= 11 is 1.60. The molecule has 1 atom stereocenters. The molecule has 3 rings (SSSR count). The van der Waals surface area contributed by atoms with Gasteiger partial charge in [0.25, 0.3) is 0 Å². The number of thiazole rings is 1. The van der Waals surface area contributed by atoms with Crippen molar-refractivity contribution in [3.63, 3.8) is 0 Å². The highest BCUT2D eigenvalue weighted by molar-refractivity contribution is 7.15. The maximum Gasteiger partial charge on any atom is 0.193 e. The van der Waals surface area contributed by atoms with Gasteiger partial charge in [-0.25, -0.2) is 9.37 Å². The molecule has 1 N–H and O–H groups in total. The summed E-state index contributed by atoms with van der Waals surface area (Å²) in [4.78, 5) is 5.51. The van der Waals surface area contributed by atoms with Crippen molar-refractivity contribution < 1.29 is 4.39 Å². The van der Waals surface area contributed by atoms with E-state index in [4.69, 9.17) is 0 Å². The minimum Gasteiger partial charge on any atom is -0.313 e. The van der Waals surface area contributed by atoms with Crippen molar-refractivity contribution in [1.29, 1.82) is 0 Å². The Hall–Kier alpha value is -1.72. The standard InChI is InChI=1S/C14H14FN3S/c1-16-13(11-4-2-3-5-12(11)15)8-10-9-18-6-7-19-14(18)17-10/h2-7,9,13,16H,8H2,1H3. The van der Waals surface area contributed by atoms with Crippen molar-refractivity contribution in [3.05, 3.63) is 59.1 Å². The van der Waals surface area contributed by atoms with Gasteiger partial charge in [-0.2, -0.15) is 0 Å². The molecule has 0 amide bonds. The molecule has 5 heteroatoms.